The fourth-order valence-corrected chi connectivity index (χ4v) is 2.62. The van der Waals surface area contributed by atoms with Crippen molar-refractivity contribution in [2.75, 3.05) is 13.2 Å². The lowest BCUT2D eigenvalue weighted by molar-refractivity contribution is 0.173. The average molecular weight is 412 g/mol. The van der Waals surface area contributed by atoms with Crippen LogP contribution in [0.1, 0.15) is 18.1 Å². The predicted octanol–water partition coefficient (Wildman–Crippen LogP) is 5.00. The molecule has 2 aromatic rings. The summed E-state index contributed by atoms with van der Waals surface area (Å²) in [6.07, 6.45) is 0. The number of benzene rings is 2. The zero-order valence-corrected chi connectivity index (χ0v) is 14.8. The molecule has 0 spiro atoms. The van der Waals surface area contributed by atoms with E-state index < -0.39 is 0 Å². The summed E-state index contributed by atoms with van der Waals surface area (Å²) in [7, 11) is 0. The van der Waals surface area contributed by atoms with Crippen LogP contribution in [-0.4, -0.2) is 18.3 Å². The maximum Gasteiger partial charge on any atom is 0.130 e. The van der Waals surface area contributed by atoms with Crippen LogP contribution in [0.15, 0.2) is 63.2 Å². The fourth-order valence-electron chi connectivity index (χ4n) is 2.09. The van der Waals surface area contributed by atoms with Gasteiger partial charge in [0.2, 0.25) is 0 Å². The Morgan fingerprint density at radius 1 is 0.905 bits per heavy atom. The third-order valence-corrected chi connectivity index (χ3v) is 4.06. The summed E-state index contributed by atoms with van der Waals surface area (Å²) in [5.74, 6) is 0.585. The lowest BCUT2D eigenvalue weighted by Crippen LogP contribution is -2.03. The standard InChI is InChI=1S/C17H16Br2O2/c1-2-21-16(11-20)17(12-3-7-14(18)8-4-12)13-5-9-15(19)10-6-13/h3-10,20H,2,11H2,1H3. The maximum absolute atomic E-state index is 9.66. The Bertz CT molecular complexity index is 569. The minimum atomic E-state index is -0.130. The van der Waals surface area contributed by atoms with Gasteiger partial charge < -0.3 is 9.84 Å². The SMILES string of the molecule is CCOC(CO)=C(c1ccc(Br)cc1)c1ccc(Br)cc1. The van der Waals surface area contributed by atoms with E-state index in [0.717, 1.165) is 25.6 Å². The molecule has 0 aromatic heterocycles. The predicted molar refractivity (Wildman–Crippen MR) is 93.0 cm³/mol. The Morgan fingerprint density at radius 2 is 1.33 bits per heavy atom. The first-order valence-corrected chi connectivity index (χ1v) is 8.23. The summed E-state index contributed by atoms with van der Waals surface area (Å²) in [6, 6.07) is 16.0. The summed E-state index contributed by atoms with van der Waals surface area (Å²) in [6.45, 7) is 2.30. The molecule has 2 nitrogen and oxygen atoms in total. The third kappa shape index (κ3) is 4.19. The number of rotatable bonds is 5. The Hall–Kier alpha value is -1.10. The smallest absolute Gasteiger partial charge is 0.130 e. The molecule has 0 bridgehead atoms. The van der Waals surface area contributed by atoms with E-state index in [1.54, 1.807) is 0 Å². The monoisotopic (exact) mass is 410 g/mol. The van der Waals surface area contributed by atoms with E-state index >= 15 is 0 Å². The highest BCUT2D eigenvalue weighted by molar-refractivity contribution is 9.10. The summed E-state index contributed by atoms with van der Waals surface area (Å²) < 4.78 is 7.66. The lowest BCUT2D eigenvalue weighted by Gasteiger charge is -2.15. The van der Waals surface area contributed by atoms with E-state index in [-0.39, 0.29) is 6.61 Å². The van der Waals surface area contributed by atoms with Crippen LogP contribution in [-0.2, 0) is 4.74 Å². The molecule has 0 aliphatic rings. The van der Waals surface area contributed by atoms with Crippen molar-refractivity contribution in [3.63, 3.8) is 0 Å². The van der Waals surface area contributed by atoms with Crippen LogP contribution in [0, 0.1) is 0 Å². The Balaban J connectivity index is 2.58. The highest BCUT2D eigenvalue weighted by atomic mass is 79.9. The Morgan fingerprint density at radius 3 is 1.67 bits per heavy atom. The van der Waals surface area contributed by atoms with Crippen LogP contribution in [0.2, 0.25) is 0 Å². The second-order valence-corrected chi connectivity index (χ2v) is 6.23. The second-order valence-electron chi connectivity index (χ2n) is 4.40. The normalized spacial score (nSPS) is 10.3. The Labute approximate surface area is 141 Å². The quantitative estimate of drug-likeness (QED) is 0.701. The first kappa shape index (κ1) is 16.3. The molecule has 0 amide bonds. The molecule has 1 N–H and O–H groups in total. The topological polar surface area (TPSA) is 29.5 Å². The highest BCUT2D eigenvalue weighted by Crippen LogP contribution is 2.29. The first-order valence-electron chi connectivity index (χ1n) is 6.64. The van der Waals surface area contributed by atoms with Gasteiger partial charge >= 0.3 is 0 Å². The van der Waals surface area contributed by atoms with Gasteiger partial charge in [-0.1, -0.05) is 56.1 Å². The van der Waals surface area contributed by atoms with Gasteiger partial charge in [-0.3, -0.25) is 0 Å². The van der Waals surface area contributed by atoms with Crippen molar-refractivity contribution in [1.82, 2.24) is 0 Å². The van der Waals surface area contributed by atoms with Crippen LogP contribution in [0.4, 0.5) is 0 Å². The molecule has 0 heterocycles. The van der Waals surface area contributed by atoms with Crippen molar-refractivity contribution in [2.24, 2.45) is 0 Å². The van der Waals surface area contributed by atoms with Crippen molar-refractivity contribution < 1.29 is 9.84 Å². The molecule has 0 radical (unpaired) electrons. The van der Waals surface area contributed by atoms with Crippen molar-refractivity contribution in [3.8, 4) is 0 Å². The average Bonchev–Trinajstić information content (AvgIpc) is 2.50. The molecule has 110 valence electrons. The summed E-state index contributed by atoms with van der Waals surface area (Å²) in [4.78, 5) is 0. The first-order chi connectivity index (χ1) is 10.2. The largest absolute Gasteiger partial charge is 0.495 e. The molecule has 0 saturated carbocycles. The molecule has 0 saturated heterocycles. The molecule has 0 aliphatic carbocycles. The highest BCUT2D eigenvalue weighted by Gasteiger charge is 2.13. The van der Waals surface area contributed by atoms with E-state index in [2.05, 4.69) is 31.9 Å². The second kappa shape index (κ2) is 7.78. The number of aliphatic hydroxyl groups is 1. The Kier molecular flexibility index (Phi) is 6.03. The zero-order chi connectivity index (χ0) is 15.2. The van der Waals surface area contributed by atoms with Crippen LogP contribution in [0.5, 0.6) is 0 Å². The summed E-state index contributed by atoms with van der Waals surface area (Å²) in [5, 5.41) is 9.66. The number of ether oxygens (including phenoxy) is 1. The summed E-state index contributed by atoms with van der Waals surface area (Å²) >= 11 is 6.88. The van der Waals surface area contributed by atoms with Crippen molar-refractivity contribution in [3.05, 3.63) is 74.4 Å². The van der Waals surface area contributed by atoms with Crippen LogP contribution >= 0.6 is 31.9 Å². The molecule has 0 atom stereocenters. The molecule has 0 aliphatic heterocycles. The van der Waals surface area contributed by atoms with Gasteiger partial charge in [0.1, 0.15) is 12.4 Å². The minimum absolute atomic E-state index is 0.130. The van der Waals surface area contributed by atoms with Gasteiger partial charge in [-0.25, -0.2) is 0 Å². The molecule has 0 unspecified atom stereocenters. The van der Waals surface area contributed by atoms with Gasteiger partial charge in [0.05, 0.1) is 6.61 Å². The maximum atomic E-state index is 9.66. The van der Waals surface area contributed by atoms with Crippen molar-refractivity contribution in [2.45, 2.75) is 6.92 Å². The van der Waals surface area contributed by atoms with Gasteiger partial charge in [-0.05, 0) is 42.3 Å². The van der Waals surface area contributed by atoms with Crippen LogP contribution < -0.4 is 0 Å². The van der Waals surface area contributed by atoms with Gasteiger partial charge in [0.15, 0.2) is 0 Å². The van der Waals surface area contributed by atoms with Gasteiger partial charge in [-0.15, -0.1) is 0 Å². The van der Waals surface area contributed by atoms with Gasteiger partial charge in [0.25, 0.3) is 0 Å². The minimum Gasteiger partial charge on any atom is -0.495 e. The molecular formula is C17H16Br2O2. The van der Waals surface area contributed by atoms with E-state index in [1.807, 2.05) is 55.5 Å². The molecular weight excluding hydrogens is 396 g/mol. The van der Waals surface area contributed by atoms with Crippen LogP contribution in [0.25, 0.3) is 5.57 Å². The fraction of sp³-hybridized carbons (Fsp3) is 0.176. The molecule has 0 fully saturated rings. The van der Waals surface area contributed by atoms with E-state index in [0.29, 0.717) is 12.4 Å². The number of hydrogen-bond donors (Lipinski definition) is 1. The van der Waals surface area contributed by atoms with E-state index in [9.17, 15) is 5.11 Å². The van der Waals surface area contributed by atoms with Crippen molar-refractivity contribution in [1.29, 1.82) is 0 Å². The summed E-state index contributed by atoms with van der Waals surface area (Å²) in [5.41, 5.74) is 2.94. The van der Waals surface area contributed by atoms with Crippen molar-refractivity contribution >= 4 is 37.4 Å². The van der Waals surface area contributed by atoms with E-state index in [4.69, 9.17) is 4.74 Å². The zero-order valence-electron chi connectivity index (χ0n) is 11.6. The number of hydrogen-bond acceptors (Lipinski definition) is 2. The number of halogens is 2. The molecule has 4 heteroatoms. The van der Waals surface area contributed by atoms with Gasteiger partial charge in [-0.2, -0.15) is 0 Å². The number of aliphatic hydroxyl groups excluding tert-OH is 1. The van der Waals surface area contributed by atoms with Crippen LogP contribution in [0.3, 0.4) is 0 Å². The van der Waals surface area contributed by atoms with E-state index in [1.165, 1.54) is 0 Å². The molecule has 2 rings (SSSR count). The van der Waals surface area contributed by atoms with Gasteiger partial charge in [0, 0.05) is 14.5 Å². The molecule has 21 heavy (non-hydrogen) atoms. The lowest BCUT2D eigenvalue weighted by atomic mass is 9.97. The third-order valence-electron chi connectivity index (χ3n) is 3.01. The molecule has 2 aromatic carbocycles.